The summed E-state index contributed by atoms with van der Waals surface area (Å²) >= 11 is 0. The summed E-state index contributed by atoms with van der Waals surface area (Å²) in [5.74, 6) is 1.16. The molecule has 0 N–H and O–H groups in total. The third-order valence-electron chi connectivity index (χ3n) is 3.24. The van der Waals surface area contributed by atoms with Crippen LogP contribution in [0.15, 0.2) is 18.2 Å². The van der Waals surface area contributed by atoms with E-state index >= 15 is 0 Å². The van der Waals surface area contributed by atoms with E-state index in [1.54, 1.807) is 6.07 Å². The fraction of sp³-hybridized carbons (Fsp3) is 0.462. The minimum absolute atomic E-state index is 0.343. The number of nitriles is 1. The van der Waals surface area contributed by atoms with Gasteiger partial charge >= 0.3 is 0 Å². The zero-order valence-electron chi connectivity index (χ0n) is 9.57. The van der Waals surface area contributed by atoms with Gasteiger partial charge in [0.25, 0.3) is 0 Å². The second kappa shape index (κ2) is 4.13. The van der Waals surface area contributed by atoms with Crippen LogP contribution in [0.5, 0.6) is 0 Å². The molecule has 0 saturated heterocycles. The van der Waals surface area contributed by atoms with E-state index in [2.05, 4.69) is 6.92 Å². The van der Waals surface area contributed by atoms with Crippen molar-refractivity contribution in [2.75, 3.05) is 18.5 Å². The van der Waals surface area contributed by atoms with Crippen molar-refractivity contribution in [3.8, 4) is 6.07 Å². The first kappa shape index (κ1) is 10.9. The Hall–Kier alpha value is -1.56. The highest BCUT2D eigenvalue weighted by Gasteiger charge is 2.33. The molecule has 16 heavy (non-hydrogen) atoms. The molecule has 2 nitrogen and oxygen atoms in total. The van der Waals surface area contributed by atoms with Crippen LogP contribution in [0.4, 0.5) is 10.1 Å². The number of nitrogens with zero attached hydrogens (tertiary/aromatic N) is 2. The van der Waals surface area contributed by atoms with Crippen LogP contribution in [-0.2, 0) is 0 Å². The molecule has 0 bridgehead atoms. The van der Waals surface area contributed by atoms with Crippen LogP contribution in [0.2, 0.25) is 0 Å². The second-order valence-corrected chi connectivity index (χ2v) is 4.66. The van der Waals surface area contributed by atoms with Gasteiger partial charge in [-0.15, -0.1) is 0 Å². The summed E-state index contributed by atoms with van der Waals surface area (Å²) in [5, 5.41) is 8.77. The van der Waals surface area contributed by atoms with Crippen molar-refractivity contribution in [3.63, 3.8) is 0 Å². The zero-order chi connectivity index (χ0) is 11.7. The summed E-state index contributed by atoms with van der Waals surface area (Å²) in [4.78, 5) is 2.03. The van der Waals surface area contributed by atoms with Gasteiger partial charge in [0.05, 0.1) is 11.6 Å². The highest BCUT2D eigenvalue weighted by atomic mass is 19.1. The SMILES string of the molecule is CC1CC1CN(C)c1cc(F)cc(C#N)c1. The molecular weight excluding hydrogens is 203 g/mol. The molecule has 2 rings (SSSR count). The van der Waals surface area contributed by atoms with Gasteiger partial charge in [-0.25, -0.2) is 4.39 Å². The van der Waals surface area contributed by atoms with Gasteiger partial charge in [-0.1, -0.05) is 6.92 Å². The van der Waals surface area contributed by atoms with Crippen molar-refractivity contribution in [3.05, 3.63) is 29.6 Å². The van der Waals surface area contributed by atoms with Crippen molar-refractivity contribution in [2.24, 2.45) is 11.8 Å². The molecule has 0 radical (unpaired) electrons. The highest BCUT2D eigenvalue weighted by Crippen LogP contribution is 2.38. The largest absolute Gasteiger partial charge is 0.374 e. The number of anilines is 1. The average Bonchev–Trinajstić information content (AvgIpc) is 2.93. The summed E-state index contributed by atoms with van der Waals surface area (Å²) < 4.78 is 13.2. The number of hydrogen-bond donors (Lipinski definition) is 0. The first-order valence-corrected chi connectivity index (χ1v) is 5.52. The fourth-order valence-corrected chi connectivity index (χ4v) is 1.97. The van der Waals surface area contributed by atoms with Crippen molar-refractivity contribution >= 4 is 5.69 Å². The molecule has 1 aliphatic rings. The zero-order valence-corrected chi connectivity index (χ0v) is 9.57. The first-order valence-electron chi connectivity index (χ1n) is 5.52. The Kier molecular flexibility index (Phi) is 2.82. The number of rotatable bonds is 3. The Bertz CT molecular complexity index is 436. The van der Waals surface area contributed by atoms with Gasteiger partial charge in [-0.2, -0.15) is 5.26 Å². The molecular formula is C13H15FN2. The summed E-state index contributed by atoms with van der Waals surface area (Å²) in [6.45, 7) is 3.17. The topological polar surface area (TPSA) is 27.0 Å². The van der Waals surface area contributed by atoms with Crippen molar-refractivity contribution in [1.82, 2.24) is 0 Å². The predicted molar refractivity (Wildman–Crippen MR) is 61.7 cm³/mol. The molecule has 3 heteroatoms. The van der Waals surface area contributed by atoms with E-state index in [0.29, 0.717) is 5.56 Å². The molecule has 1 aromatic rings. The van der Waals surface area contributed by atoms with Crippen LogP contribution in [0, 0.1) is 29.0 Å². The fourth-order valence-electron chi connectivity index (χ4n) is 1.97. The van der Waals surface area contributed by atoms with Gasteiger partial charge in [0.1, 0.15) is 5.82 Å². The molecule has 0 aromatic heterocycles. The number of halogens is 1. The van der Waals surface area contributed by atoms with Gasteiger partial charge < -0.3 is 4.90 Å². The molecule has 0 spiro atoms. The summed E-state index contributed by atoms with van der Waals surface area (Å²) in [6, 6.07) is 6.45. The molecule has 2 atom stereocenters. The lowest BCUT2D eigenvalue weighted by Gasteiger charge is -2.19. The molecule has 84 valence electrons. The van der Waals surface area contributed by atoms with Gasteiger partial charge in [0, 0.05) is 19.3 Å². The highest BCUT2D eigenvalue weighted by molar-refractivity contribution is 5.51. The Labute approximate surface area is 95.3 Å². The van der Waals surface area contributed by atoms with Crippen LogP contribution in [0.3, 0.4) is 0 Å². The van der Waals surface area contributed by atoms with Crippen LogP contribution < -0.4 is 4.90 Å². The Balaban J connectivity index is 2.13. The van der Waals surface area contributed by atoms with E-state index in [0.717, 1.165) is 24.1 Å². The monoisotopic (exact) mass is 218 g/mol. The molecule has 1 aliphatic carbocycles. The summed E-state index contributed by atoms with van der Waals surface area (Å²) in [5.41, 5.74) is 1.17. The van der Waals surface area contributed by atoms with Crippen LogP contribution in [0.1, 0.15) is 18.9 Å². The second-order valence-electron chi connectivity index (χ2n) is 4.66. The third-order valence-corrected chi connectivity index (χ3v) is 3.24. The van der Waals surface area contributed by atoms with Crippen LogP contribution in [-0.4, -0.2) is 13.6 Å². The minimum Gasteiger partial charge on any atom is -0.374 e. The lowest BCUT2D eigenvalue weighted by molar-refractivity contribution is 0.625. The summed E-state index contributed by atoms with van der Waals surface area (Å²) in [6.07, 6.45) is 1.25. The smallest absolute Gasteiger partial charge is 0.126 e. The summed E-state index contributed by atoms with van der Waals surface area (Å²) in [7, 11) is 1.95. The van der Waals surface area contributed by atoms with Gasteiger partial charge in [-0.3, -0.25) is 0 Å². The molecule has 2 unspecified atom stereocenters. The molecule has 0 aliphatic heterocycles. The van der Waals surface area contributed by atoms with Crippen LogP contribution >= 0.6 is 0 Å². The minimum atomic E-state index is -0.343. The molecule has 0 heterocycles. The maximum atomic E-state index is 13.2. The van der Waals surface area contributed by atoms with Crippen molar-refractivity contribution in [1.29, 1.82) is 5.26 Å². The third kappa shape index (κ3) is 2.33. The predicted octanol–water partition coefficient (Wildman–Crippen LogP) is 2.79. The number of hydrogen-bond acceptors (Lipinski definition) is 2. The maximum absolute atomic E-state index is 13.2. The van der Waals surface area contributed by atoms with E-state index in [4.69, 9.17) is 5.26 Å². The van der Waals surface area contributed by atoms with Gasteiger partial charge in [0.2, 0.25) is 0 Å². The van der Waals surface area contributed by atoms with Crippen LogP contribution in [0.25, 0.3) is 0 Å². The number of benzene rings is 1. The Morgan fingerprint density at radius 3 is 2.75 bits per heavy atom. The molecule has 1 aromatic carbocycles. The van der Waals surface area contributed by atoms with E-state index in [1.807, 2.05) is 18.0 Å². The van der Waals surface area contributed by atoms with E-state index in [9.17, 15) is 4.39 Å². The Morgan fingerprint density at radius 2 is 2.19 bits per heavy atom. The average molecular weight is 218 g/mol. The van der Waals surface area contributed by atoms with Crippen molar-refractivity contribution < 1.29 is 4.39 Å². The lowest BCUT2D eigenvalue weighted by atomic mass is 10.2. The molecule has 1 fully saturated rings. The van der Waals surface area contributed by atoms with E-state index in [1.165, 1.54) is 18.6 Å². The quantitative estimate of drug-likeness (QED) is 0.780. The lowest BCUT2D eigenvalue weighted by Crippen LogP contribution is -2.20. The maximum Gasteiger partial charge on any atom is 0.126 e. The van der Waals surface area contributed by atoms with Gasteiger partial charge in [0.15, 0.2) is 0 Å². The molecule has 1 saturated carbocycles. The van der Waals surface area contributed by atoms with Crippen molar-refractivity contribution in [2.45, 2.75) is 13.3 Å². The Morgan fingerprint density at radius 1 is 1.50 bits per heavy atom. The van der Waals surface area contributed by atoms with E-state index in [-0.39, 0.29) is 5.82 Å². The first-order chi connectivity index (χ1) is 7.60. The van der Waals surface area contributed by atoms with Gasteiger partial charge in [-0.05, 0) is 36.5 Å². The molecule has 0 amide bonds. The van der Waals surface area contributed by atoms with E-state index < -0.39 is 0 Å². The standard InChI is InChI=1S/C13H15FN2/c1-9-3-11(9)8-16(2)13-5-10(7-15)4-12(14)6-13/h4-6,9,11H,3,8H2,1-2H3. The normalized spacial score (nSPS) is 22.6.